The lowest BCUT2D eigenvalue weighted by molar-refractivity contribution is 0.700. The van der Waals surface area contributed by atoms with E-state index in [-0.39, 0.29) is 6.04 Å². The first-order chi connectivity index (χ1) is 7.72. The molecule has 0 saturated carbocycles. The molecule has 0 amide bonds. The molecule has 0 aliphatic carbocycles. The fraction of sp³-hybridized carbons (Fsp3) is 0.417. The number of para-hydroxylation sites is 1. The fourth-order valence-corrected chi connectivity index (χ4v) is 2.51. The summed E-state index contributed by atoms with van der Waals surface area (Å²) in [5, 5.41) is 5.76. The van der Waals surface area contributed by atoms with Crippen molar-refractivity contribution in [1.82, 2.24) is 9.78 Å². The summed E-state index contributed by atoms with van der Waals surface area (Å²) in [6, 6.07) is 8.48. The topological polar surface area (TPSA) is 43.8 Å². The highest BCUT2D eigenvalue weighted by atomic mass is 32.2. The van der Waals surface area contributed by atoms with E-state index in [0.717, 1.165) is 17.9 Å². The molecule has 2 aromatic rings. The van der Waals surface area contributed by atoms with Gasteiger partial charge < -0.3 is 5.73 Å². The molecule has 0 saturated heterocycles. The Morgan fingerprint density at radius 2 is 2.19 bits per heavy atom. The van der Waals surface area contributed by atoms with Crippen molar-refractivity contribution in [2.24, 2.45) is 12.8 Å². The van der Waals surface area contributed by atoms with Gasteiger partial charge >= 0.3 is 0 Å². The first kappa shape index (κ1) is 11.5. The Morgan fingerprint density at radius 3 is 2.94 bits per heavy atom. The Bertz CT molecular complexity index is 478. The van der Waals surface area contributed by atoms with Gasteiger partial charge in [-0.15, -0.1) is 0 Å². The lowest BCUT2D eigenvalue weighted by atomic mass is 10.1. The van der Waals surface area contributed by atoms with E-state index >= 15 is 0 Å². The second kappa shape index (κ2) is 4.89. The van der Waals surface area contributed by atoms with Gasteiger partial charge in [-0.1, -0.05) is 18.2 Å². The van der Waals surface area contributed by atoms with E-state index in [4.69, 9.17) is 5.73 Å². The zero-order valence-corrected chi connectivity index (χ0v) is 10.5. The van der Waals surface area contributed by atoms with Crippen molar-refractivity contribution in [2.75, 3.05) is 12.0 Å². The summed E-state index contributed by atoms with van der Waals surface area (Å²) in [5.74, 6) is 0.977. The van der Waals surface area contributed by atoms with Crippen LogP contribution in [0.25, 0.3) is 10.9 Å². The zero-order chi connectivity index (χ0) is 11.5. The van der Waals surface area contributed by atoms with Gasteiger partial charge in [0.25, 0.3) is 0 Å². The molecular formula is C12H17N3S. The first-order valence-corrected chi connectivity index (χ1v) is 6.77. The number of benzene rings is 1. The van der Waals surface area contributed by atoms with Crippen LogP contribution in [0.4, 0.5) is 0 Å². The molecule has 1 atom stereocenters. The standard InChI is InChI=1S/C12H17N3S/c1-15-12-6-4-3-5-10(12)11(14-15)7-9(13)8-16-2/h3-6,9H,7-8,13H2,1-2H3. The highest BCUT2D eigenvalue weighted by molar-refractivity contribution is 7.98. The van der Waals surface area contributed by atoms with Crippen molar-refractivity contribution in [3.05, 3.63) is 30.0 Å². The molecule has 1 aromatic carbocycles. The Hall–Kier alpha value is -1.00. The smallest absolute Gasteiger partial charge is 0.0718 e. The van der Waals surface area contributed by atoms with Crippen LogP contribution in [0, 0.1) is 0 Å². The molecule has 4 heteroatoms. The third-order valence-corrected chi connectivity index (χ3v) is 3.43. The van der Waals surface area contributed by atoms with Gasteiger partial charge in [0.15, 0.2) is 0 Å². The molecule has 2 rings (SSSR count). The van der Waals surface area contributed by atoms with Crippen LogP contribution in [0.1, 0.15) is 5.69 Å². The maximum absolute atomic E-state index is 6.05. The maximum atomic E-state index is 6.05. The lowest BCUT2D eigenvalue weighted by Gasteiger charge is -2.07. The number of rotatable bonds is 4. The van der Waals surface area contributed by atoms with Gasteiger partial charge in [0, 0.05) is 30.6 Å². The van der Waals surface area contributed by atoms with Crippen LogP contribution in [0.2, 0.25) is 0 Å². The number of aryl methyl sites for hydroxylation is 1. The lowest BCUT2D eigenvalue weighted by Crippen LogP contribution is -2.25. The van der Waals surface area contributed by atoms with Gasteiger partial charge in [0.2, 0.25) is 0 Å². The third kappa shape index (κ3) is 2.23. The molecule has 0 spiro atoms. The van der Waals surface area contributed by atoms with Gasteiger partial charge in [0.05, 0.1) is 11.2 Å². The number of hydrogen-bond acceptors (Lipinski definition) is 3. The van der Waals surface area contributed by atoms with E-state index < -0.39 is 0 Å². The summed E-state index contributed by atoms with van der Waals surface area (Å²) in [7, 11) is 1.98. The van der Waals surface area contributed by atoms with E-state index in [1.807, 2.05) is 23.9 Å². The number of aromatic nitrogens is 2. The monoisotopic (exact) mass is 235 g/mol. The summed E-state index contributed by atoms with van der Waals surface area (Å²) in [6.45, 7) is 0. The fourth-order valence-electron chi connectivity index (χ4n) is 1.96. The summed E-state index contributed by atoms with van der Waals surface area (Å²) in [4.78, 5) is 0. The average Bonchev–Trinajstić information content (AvgIpc) is 2.57. The van der Waals surface area contributed by atoms with E-state index in [0.29, 0.717) is 0 Å². The number of nitrogens with two attached hydrogens (primary N) is 1. The van der Waals surface area contributed by atoms with Gasteiger partial charge in [-0.05, 0) is 12.3 Å². The molecule has 0 aliphatic rings. The number of nitrogens with zero attached hydrogens (tertiary/aromatic N) is 2. The van der Waals surface area contributed by atoms with E-state index in [9.17, 15) is 0 Å². The van der Waals surface area contributed by atoms with Crippen LogP contribution in [0.3, 0.4) is 0 Å². The summed E-state index contributed by atoms with van der Waals surface area (Å²) < 4.78 is 1.93. The van der Waals surface area contributed by atoms with Crippen LogP contribution < -0.4 is 5.73 Å². The largest absolute Gasteiger partial charge is 0.327 e. The van der Waals surface area contributed by atoms with E-state index in [1.165, 1.54) is 10.9 Å². The molecule has 1 unspecified atom stereocenters. The molecule has 0 radical (unpaired) electrons. The van der Waals surface area contributed by atoms with E-state index in [1.54, 1.807) is 11.8 Å². The normalized spacial score (nSPS) is 13.2. The Labute approximate surface area is 100 Å². The molecule has 3 nitrogen and oxygen atoms in total. The predicted molar refractivity (Wildman–Crippen MR) is 70.8 cm³/mol. The second-order valence-electron chi connectivity index (χ2n) is 4.01. The molecule has 0 bridgehead atoms. The Balaban J connectivity index is 2.31. The van der Waals surface area contributed by atoms with Gasteiger partial charge in [-0.25, -0.2) is 0 Å². The second-order valence-corrected chi connectivity index (χ2v) is 4.92. The molecule has 1 heterocycles. The molecule has 16 heavy (non-hydrogen) atoms. The van der Waals surface area contributed by atoms with Gasteiger partial charge in [0.1, 0.15) is 0 Å². The SMILES string of the molecule is CSCC(N)Cc1nn(C)c2ccccc12. The van der Waals surface area contributed by atoms with Crippen molar-refractivity contribution >= 4 is 22.7 Å². The number of fused-ring (bicyclic) bond motifs is 1. The van der Waals surface area contributed by atoms with Gasteiger partial charge in [-0.3, -0.25) is 4.68 Å². The van der Waals surface area contributed by atoms with Crippen LogP contribution >= 0.6 is 11.8 Å². The first-order valence-electron chi connectivity index (χ1n) is 5.37. The van der Waals surface area contributed by atoms with Crippen molar-refractivity contribution < 1.29 is 0 Å². The quantitative estimate of drug-likeness (QED) is 0.879. The highest BCUT2D eigenvalue weighted by Gasteiger charge is 2.11. The van der Waals surface area contributed by atoms with Gasteiger partial charge in [-0.2, -0.15) is 16.9 Å². The van der Waals surface area contributed by atoms with Crippen LogP contribution in [0.15, 0.2) is 24.3 Å². The summed E-state index contributed by atoms with van der Waals surface area (Å²) in [5.41, 5.74) is 8.33. The van der Waals surface area contributed by atoms with Crippen molar-refractivity contribution in [2.45, 2.75) is 12.5 Å². The predicted octanol–water partition coefficient (Wildman–Crippen LogP) is 1.81. The molecule has 0 fully saturated rings. The molecule has 0 aliphatic heterocycles. The molecular weight excluding hydrogens is 218 g/mol. The van der Waals surface area contributed by atoms with Crippen molar-refractivity contribution in [3.63, 3.8) is 0 Å². The zero-order valence-electron chi connectivity index (χ0n) is 9.68. The Kier molecular flexibility index (Phi) is 3.51. The van der Waals surface area contributed by atoms with Crippen LogP contribution in [-0.2, 0) is 13.5 Å². The minimum absolute atomic E-state index is 0.188. The number of hydrogen-bond donors (Lipinski definition) is 1. The van der Waals surface area contributed by atoms with Crippen LogP contribution in [0.5, 0.6) is 0 Å². The third-order valence-electron chi connectivity index (χ3n) is 2.67. The summed E-state index contributed by atoms with van der Waals surface area (Å²) >= 11 is 1.78. The average molecular weight is 235 g/mol. The minimum atomic E-state index is 0.188. The maximum Gasteiger partial charge on any atom is 0.0718 e. The molecule has 86 valence electrons. The highest BCUT2D eigenvalue weighted by Crippen LogP contribution is 2.18. The minimum Gasteiger partial charge on any atom is -0.327 e. The number of thioether (sulfide) groups is 1. The van der Waals surface area contributed by atoms with E-state index in [2.05, 4.69) is 23.5 Å². The Morgan fingerprint density at radius 1 is 1.44 bits per heavy atom. The van der Waals surface area contributed by atoms with Crippen LogP contribution in [-0.4, -0.2) is 27.8 Å². The molecule has 2 N–H and O–H groups in total. The van der Waals surface area contributed by atoms with Crippen molar-refractivity contribution in [1.29, 1.82) is 0 Å². The van der Waals surface area contributed by atoms with Crippen molar-refractivity contribution in [3.8, 4) is 0 Å². The molecule has 1 aromatic heterocycles. The summed E-state index contributed by atoms with van der Waals surface area (Å²) in [6.07, 6.45) is 2.93.